The summed E-state index contributed by atoms with van der Waals surface area (Å²) < 4.78 is 29.7. The van der Waals surface area contributed by atoms with Gasteiger partial charge in [-0.2, -0.15) is 0 Å². The van der Waals surface area contributed by atoms with E-state index in [2.05, 4.69) is 4.98 Å². The Labute approximate surface area is 84.5 Å². The molecule has 0 radical (unpaired) electrons. The zero-order chi connectivity index (χ0) is 11.6. The van der Waals surface area contributed by atoms with Crippen LogP contribution in [-0.2, 0) is 0 Å². The molecule has 15 heavy (non-hydrogen) atoms. The fraction of sp³-hybridized carbons (Fsp3) is 0.333. The fourth-order valence-corrected chi connectivity index (χ4v) is 1.15. The number of carbonyl (C=O) groups is 1. The van der Waals surface area contributed by atoms with Gasteiger partial charge in [-0.1, -0.05) is 0 Å². The molecule has 0 aromatic carbocycles. The molecule has 0 spiro atoms. The molecule has 82 valence electrons. The van der Waals surface area contributed by atoms with Crippen molar-refractivity contribution in [3.05, 3.63) is 23.0 Å². The average molecular weight is 217 g/mol. The van der Waals surface area contributed by atoms with Crippen LogP contribution in [0.1, 0.15) is 28.2 Å². The number of ether oxygens (including phenoxy) is 1. The van der Waals surface area contributed by atoms with Crippen LogP contribution in [0.15, 0.2) is 6.07 Å². The Bertz CT molecular complexity index is 393. The van der Waals surface area contributed by atoms with Gasteiger partial charge in [0.15, 0.2) is 5.69 Å². The van der Waals surface area contributed by atoms with Gasteiger partial charge in [-0.15, -0.1) is 0 Å². The SMILES string of the molecule is COc1cc(C(F)F)c(C(=O)O)nc1C. The molecule has 6 heteroatoms. The third kappa shape index (κ3) is 2.20. The summed E-state index contributed by atoms with van der Waals surface area (Å²) >= 11 is 0. The highest BCUT2D eigenvalue weighted by Crippen LogP contribution is 2.27. The minimum atomic E-state index is -2.89. The van der Waals surface area contributed by atoms with Crippen LogP contribution in [0.4, 0.5) is 8.78 Å². The lowest BCUT2D eigenvalue weighted by molar-refractivity contribution is 0.0676. The van der Waals surface area contributed by atoms with Gasteiger partial charge in [0.05, 0.1) is 18.4 Å². The second-order valence-electron chi connectivity index (χ2n) is 2.82. The van der Waals surface area contributed by atoms with Crippen LogP contribution < -0.4 is 4.74 Å². The van der Waals surface area contributed by atoms with Crippen molar-refractivity contribution in [3.8, 4) is 5.75 Å². The van der Waals surface area contributed by atoms with Gasteiger partial charge in [0.25, 0.3) is 6.43 Å². The molecule has 0 fully saturated rings. The first-order valence-electron chi connectivity index (χ1n) is 4.04. The zero-order valence-electron chi connectivity index (χ0n) is 8.12. The highest BCUT2D eigenvalue weighted by atomic mass is 19.3. The number of pyridine rings is 1. The summed E-state index contributed by atoms with van der Waals surface area (Å²) in [6.45, 7) is 1.49. The second kappa shape index (κ2) is 4.20. The second-order valence-corrected chi connectivity index (χ2v) is 2.82. The van der Waals surface area contributed by atoms with Gasteiger partial charge in [0, 0.05) is 0 Å². The molecule has 0 saturated heterocycles. The topological polar surface area (TPSA) is 59.4 Å². The molecule has 0 amide bonds. The van der Waals surface area contributed by atoms with E-state index in [0.29, 0.717) is 0 Å². The Kier molecular flexibility index (Phi) is 3.18. The smallest absolute Gasteiger partial charge is 0.355 e. The van der Waals surface area contributed by atoms with Crippen LogP contribution in [-0.4, -0.2) is 23.2 Å². The Morgan fingerprint density at radius 1 is 1.60 bits per heavy atom. The molecule has 1 N–H and O–H groups in total. The van der Waals surface area contributed by atoms with Crippen molar-refractivity contribution in [3.63, 3.8) is 0 Å². The maximum absolute atomic E-state index is 12.5. The van der Waals surface area contributed by atoms with Crippen molar-refractivity contribution in [2.24, 2.45) is 0 Å². The number of aryl methyl sites for hydroxylation is 1. The largest absolute Gasteiger partial charge is 0.495 e. The first-order chi connectivity index (χ1) is 6.97. The van der Waals surface area contributed by atoms with E-state index in [4.69, 9.17) is 9.84 Å². The maximum atomic E-state index is 12.5. The summed E-state index contributed by atoms with van der Waals surface area (Å²) in [6, 6.07) is 0.996. The summed E-state index contributed by atoms with van der Waals surface area (Å²) in [7, 11) is 1.31. The normalized spacial score (nSPS) is 10.5. The average Bonchev–Trinajstić information content (AvgIpc) is 2.16. The Hall–Kier alpha value is -1.72. The van der Waals surface area contributed by atoms with Crippen LogP contribution >= 0.6 is 0 Å². The van der Waals surface area contributed by atoms with Crippen molar-refractivity contribution in [2.75, 3.05) is 7.11 Å². The minimum absolute atomic E-state index is 0.148. The van der Waals surface area contributed by atoms with Gasteiger partial charge in [0.2, 0.25) is 0 Å². The number of hydrogen-bond donors (Lipinski definition) is 1. The molecule has 0 aliphatic heterocycles. The third-order valence-corrected chi connectivity index (χ3v) is 1.85. The zero-order valence-corrected chi connectivity index (χ0v) is 8.12. The molecule has 1 rings (SSSR count). The Morgan fingerprint density at radius 3 is 2.60 bits per heavy atom. The van der Waals surface area contributed by atoms with E-state index < -0.39 is 23.7 Å². The summed E-state index contributed by atoms with van der Waals surface area (Å²) in [5.41, 5.74) is -1.01. The highest BCUT2D eigenvalue weighted by Gasteiger charge is 2.21. The van der Waals surface area contributed by atoms with Crippen LogP contribution in [0.25, 0.3) is 0 Å². The highest BCUT2D eigenvalue weighted by molar-refractivity contribution is 5.87. The number of aromatic carboxylic acids is 1. The molecule has 0 saturated carbocycles. The summed E-state index contributed by atoms with van der Waals surface area (Å²) in [4.78, 5) is 14.2. The van der Waals surface area contributed by atoms with Crippen LogP contribution in [0.2, 0.25) is 0 Å². The molecule has 0 bridgehead atoms. The van der Waals surface area contributed by atoms with E-state index in [9.17, 15) is 13.6 Å². The molecule has 0 aliphatic rings. The predicted molar refractivity (Wildman–Crippen MR) is 47.4 cm³/mol. The fourth-order valence-electron chi connectivity index (χ4n) is 1.15. The van der Waals surface area contributed by atoms with Gasteiger partial charge in [-0.05, 0) is 13.0 Å². The number of nitrogens with zero attached hydrogens (tertiary/aromatic N) is 1. The number of aromatic nitrogens is 1. The monoisotopic (exact) mass is 217 g/mol. The lowest BCUT2D eigenvalue weighted by atomic mass is 10.1. The van der Waals surface area contributed by atoms with Gasteiger partial charge >= 0.3 is 5.97 Å². The molecule has 1 heterocycles. The Morgan fingerprint density at radius 2 is 2.20 bits per heavy atom. The molecule has 1 aromatic heterocycles. The van der Waals surface area contributed by atoms with Crippen molar-refractivity contribution < 1.29 is 23.4 Å². The Balaban J connectivity index is 3.38. The van der Waals surface area contributed by atoms with Gasteiger partial charge in [-0.3, -0.25) is 0 Å². The van der Waals surface area contributed by atoms with Crippen LogP contribution in [0.3, 0.4) is 0 Å². The number of carboxylic acids is 1. The quantitative estimate of drug-likeness (QED) is 0.841. The summed E-state index contributed by atoms with van der Waals surface area (Å²) in [6.07, 6.45) is -2.89. The van der Waals surface area contributed by atoms with E-state index in [1.165, 1.54) is 14.0 Å². The molecular formula is C9H9F2NO3. The minimum Gasteiger partial charge on any atom is -0.495 e. The van der Waals surface area contributed by atoms with Crippen LogP contribution in [0, 0.1) is 6.92 Å². The number of halogens is 2. The number of methoxy groups -OCH3 is 1. The van der Waals surface area contributed by atoms with Crippen molar-refractivity contribution in [1.82, 2.24) is 4.98 Å². The van der Waals surface area contributed by atoms with Crippen molar-refractivity contribution >= 4 is 5.97 Å². The first kappa shape index (κ1) is 11.4. The molecule has 0 atom stereocenters. The van der Waals surface area contributed by atoms with E-state index in [0.717, 1.165) is 6.07 Å². The van der Waals surface area contributed by atoms with Gasteiger partial charge in [-0.25, -0.2) is 18.6 Å². The van der Waals surface area contributed by atoms with E-state index in [1.807, 2.05) is 0 Å². The van der Waals surface area contributed by atoms with Gasteiger partial charge in [0.1, 0.15) is 5.75 Å². The molecule has 1 aromatic rings. The van der Waals surface area contributed by atoms with E-state index in [1.54, 1.807) is 0 Å². The van der Waals surface area contributed by atoms with Crippen molar-refractivity contribution in [2.45, 2.75) is 13.3 Å². The van der Waals surface area contributed by atoms with Crippen molar-refractivity contribution in [1.29, 1.82) is 0 Å². The maximum Gasteiger partial charge on any atom is 0.355 e. The molecule has 0 aliphatic carbocycles. The van der Waals surface area contributed by atoms with E-state index >= 15 is 0 Å². The summed E-state index contributed by atoms with van der Waals surface area (Å²) in [5, 5.41) is 8.67. The number of hydrogen-bond acceptors (Lipinski definition) is 3. The standard InChI is InChI=1S/C9H9F2NO3/c1-4-6(15-2)3-5(8(10)11)7(12-4)9(13)14/h3,8H,1-2H3,(H,13,14). The first-order valence-corrected chi connectivity index (χ1v) is 4.04. The lowest BCUT2D eigenvalue weighted by Crippen LogP contribution is -2.08. The molecule has 0 unspecified atom stereocenters. The molecular weight excluding hydrogens is 208 g/mol. The van der Waals surface area contributed by atoms with E-state index in [-0.39, 0.29) is 11.4 Å². The predicted octanol–water partition coefficient (Wildman–Crippen LogP) is 2.03. The van der Waals surface area contributed by atoms with Crippen LogP contribution in [0.5, 0.6) is 5.75 Å². The number of rotatable bonds is 3. The third-order valence-electron chi connectivity index (χ3n) is 1.85. The number of alkyl halides is 2. The summed E-state index contributed by atoms with van der Waals surface area (Å²) in [5.74, 6) is -1.33. The van der Waals surface area contributed by atoms with Gasteiger partial charge < -0.3 is 9.84 Å². The number of carboxylic acid groups (broad SMARTS) is 1. The molecule has 4 nitrogen and oxygen atoms in total. The lowest BCUT2D eigenvalue weighted by Gasteiger charge is -2.09.